The Balaban J connectivity index is 2.93. The highest BCUT2D eigenvalue weighted by molar-refractivity contribution is 6.32. The van der Waals surface area contributed by atoms with E-state index in [-0.39, 0.29) is 0 Å². The molecule has 0 fully saturated rings. The van der Waals surface area contributed by atoms with Gasteiger partial charge in [0, 0.05) is 6.08 Å². The lowest BCUT2D eigenvalue weighted by Crippen LogP contribution is -2.22. The van der Waals surface area contributed by atoms with Crippen molar-refractivity contribution in [1.82, 2.24) is 0 Å². The van der Waals surface area contributed by atoms with Crippen LogP contribution in [-0.2, 0) is 9.53 Å². The van der Waals surface area contributed by atoms with E-state index in [2.05, 4.69) is 13.8 Å². The van der Waals surface area contributed by atoms with E-state index in [9.17, 15) is 4.79 Å². The normalized spacial score (nSPS) is 11.8. The molecule has 0 spiro atoms. The maximum absolute atomic E-state index is 11.7. The molecule has 4 nitrogen and oxygen atoms in total. The minimum absolute atomic E-state index is 0.377. The van der Waals surface area contributed by atoms with Crippen molar-refractivity contribution < 1.29 is 19.0 Å². The molecule has 0 aliphatic heterocycles. The number of hydrogen-bond donors (Lipinski definition) is 0. The molecule has 0 saturated heterocycles. The van der Waals surface area contributed by atoms with Crippen molar-refractivity contribution in [3.05, 3.63) is 28.8 Å². The summed E-state index contributed by atoms with van der Waals surface area (Å²) >= 11 is 6.26. The Morgan fingerprint density at radius 1 is 1.30 bits per heavy atom. The molecule has 0 saturated carbocycles. The summed E-state index contributed by atoms with van der Waals surface area (Å²) < 4.78 is 16.2. The molecule has 0 radical (unpaired) electrons. The van der Waals surface area contributed by atoms with Crippen molar-refractivity contribution >= 4 is 23.6 Å². The Kier molecular flexibility index (Phi) is 6.95. The quantitative estimate of drug-likeness (QED) is 0.554. The zero-order chi connectivity index (χ0) is 17.6. The zero-order valence-electron chi connectivity index (χ0n) is 14.6. The van der Waals surface area contributed by atoms with Crippen molar-refractivity contribution in [3.63, 3.8) is 0 Å². The monoisotopic (exact) mass is 340 g/mol. The van der Waals surface area contributed by atoms with E-state index in [0.29, 0.717) is 29.0 Å². The number of rotatable bonds is 6. The lowest BCUT2D eigenvalue weighted by atomic mass is 10.1. The minimum atomic E-state index is -0.523. The first kappa shape index (κ1) is 19.4. The Morgan fingerprint density at radius 3 is 2.48 bits per heavy atom. The second-order valence-corrected chi connectivity index (χ2v) is 7.01. The van der Waals surface area contributed by atoms with Crippen LogP contribution in [0.2, 0.25) is 5.02 Å². The van der Waals surface area contributed by atoms with Crippen LogP contribution in [-0.4, -0.2) is 25.3 Å². The summed E-state index contributed by atoms with van der Waals surface area (Å²) in [6.45, 7) is 10.1. The van der Waals surface area contributed by atoms with Gasteiger partial charge in [-0.15, -0.1) is 0 Å². The Bertz CT molecular complexity index is 571. The first-order valence-corrected chi connectivity index (χ1v) is 7.91. The fraction of sp³-hybridized carbons (Fsp3) is 0.500. The van der Waals surface area contributed by atoms with Gasteiger partial charge in [0.2, 0.25) is 0 Å². The number of halogens is 1. The molecule has 1 aromatic carbocycles. The summed E-state index contributed by atoms with van der Waals surface area (Å²) in [7, 11) is 1.55. The van der Waals surface area contributed by atoms with Crippen LogP contribution in [0.5, 0.6) is 11.5 Å². The molecular weight excluding hydrogens is 316 g/mol. The average Bonchev–Trinajstić information content (AvgIpc) is 2.41. The Labute approximate surface area is 143 Å². The van der Waals surface area contributed by atoms with Gasteiger partial charge in [-0.3, -0.25) is 0 Å². The van der Waals surface area contributed by atoms with Crippen LogP contribution in [0.3, 0.4) is 0 Å². The molecule has 1 aromatic rings. The summed E-state index contributed by atoms with van der Waals surface area (Å²) in [6, 6.07) is 3.49. The number of benzene rings is 1. The lowest BCUT2D eigenvalue weighted by Gasteiger charge is -2.18. The molecule has 0 unspecified atom stereocenters. The van der Waals surface area contributed by atoms with E-state index < -0.39 is 11.6 Å². The van der Waals surface area contributed by atoms with Crippen molar-refractivity contribution in [2.45, 2.75) is 40.2 Å². The molecule has 0 heterocycles. The molecule has 23 heavy (non-hydrogen) atoms. The number of ether oxygens (including phenoxy) is 3. The van der Waals surface area contributed by atoms with Gasteiger partial charge in [-0.2, -0.15) is 0 Å². The molecule has 0 aromatic heterocycles. The minimum Gasteiger partial charge on any atom is -0.493 e. The SMILES string of the molecule is COc1cc(/C=C/C(=O)OC(C)(C)C)cc(Cl)c1OCC(C)C. The van der Waals surface area contributed by atoms with Crippen molar-refractivity contribution in [1.29, 1.82) is 0 Å². The maximum Gasteiger partial charge on any atom is 0.331 e. The van der Waals surface area contributed by atoms with Gasteiger partial charge in [0.1, 0.15) is 5.60 Å². The fourth-order valence-electron chi connectivity index (χ4n) is 1.73. The molecule has 128 valence electrons. The van der Waals surface area contributed by atoms with Gasteiger partial charge >= 0.3 is 5.97 Å². The van der Waals surface area contributed by atoms with Crippen LogP contribution in [0.4, 0.5) is 0 Å². The second-order valence-electron chi connectivity index (χ2n) is 6.61. The van der Waals surface area contributed by atoms with Crippen LogP contribution in [0.15, 0.2) is 18.2 Å². The summed E-state index contributed by atoms with van der Waals surface area (Å²) in [6.07, 6.45) is 3.00. The molecule has 0 amide bonds. The van der Waals surface area contributed by atoms with E-state index >= 15 is 0 Å². The van der Waals surface area contributed by atoms with E-state index in [4.69, 9.17) is 25.8 Å². The number of methoxy groups -OCH3 is 1. The van der Waals surface area contributed by atoms with Gasteiger partial charge in [0.25, 0.3) is 0 Å². The largest absolute Gasteiger partial charge is 0.493 e. The first-order chi connectivity index (χ1) is 10.6. The average molecular weight is 341 g/mol. The number of carbonyl (C=O) groups excluding carboxylic acids is 1. The first-order valence-electron chi connectivity index (χ1n) is 7.53. The molecule has 0 aliphatic carbocycles. The van der Waals surface area contributed by atoms with Crippen molar-refractivity contribution in [2.24, 2.45) is 5.92 Å². The van der Waals surface area contributed by atoms with Gasteiger partial charge in [-0.05, 0) is 50.5 Å². The van der Waals surface area contributed by atoms with Crippen LogP contribution in [0.25, 0.3) is 6.08 Å². The number of carbonyl (C=O) groups is 1. The predicted molar refractivity (Wildman–Crippen MR) is 93.2 cm³/mol. The Hall–Kier alpha value is -1.68. The third kappa shape index (κ3) is 6.95. The summed E-state index contributed by atoms with van der Waals surface area (Å²) in [5.41, 5.74) is 0.209. The highest BCUT2D eigenvalue weighted by Gasteiger charge is 2.15. The summed E-state index contributed by atoms with van der Waals surface area (Å²) in [4.78, 5) is 11.7. The van der Waals surface area contributed by atoms with Crippen LogP contribution in [0, 0.1) is 5.92 Å². The molecular formula is C18H25ClO4. The molecule has 1 rings (SSSR count). The van der Waals surface area contributed by atoms with E-state index in [1.807, 2.05) is 20.8 Å². The number of hydrogen-bond acceptors (Lipinski definition) is 4. The Morgan fingerprint density at radius 2 is 1.96 bits per heavy atom. The third-order valence-corrected chi connectivity index (χ3v) is 2.91. The standard InChI is InChI=1S/C18H25ClO4/c1-12(2)11-22-17-14(19)9-13(10-15(17)21-6)7-8-16(20)23-18(3,4)5/h7-10,12H,11H2,1-6H3/b8-7+. The molecule has 0 N–H and O–H groups in total. The van der Waals surface area contributed by atoms with Gasteiger partial charge in [0.05, 0.1) is 18.7 Å². The predicted octanol–water partition coefficient (Wildman–Crippen LogP) is 4.74. The van der Waals surface area contributed by atoms with Crippen LogP contribution < -0.4 is 9.47 Å². The van der Waals surface area contributed by atoms with Gasteiger partial charge in [-0.1, -0.05) is 25.4 Å². The highest BCUT2D eigenvalue weighted by Crippen LogP contribution is 2.37. The molecule has 0 bridgehead atoms. The molecule has 0 aliphatic rings. The topological polar surface area (TPSA) is 44.8 Å². The van der Waals surface area contributed by atoms with Gasteiger partial charge in [-0.25, -0.2) is 4.79 Å². The van der Waals surface area contributed by atoms with E-state index in [1.165, 1.54) is 6.08 Å². The highest BCUT2D eigenvalue weighted by atomic mass is 35.5. The van der Waals surface area contributed by atoms with Crippen LogP contribution >= 0.6 is 11.6 Å². The smallest absolute Gasteiger partial charge is 0.331 e. The third-order valence-electron chi connectivity index (χ3n) is 2.63. The van der Waals surface area contributed by atoms with Crippen molar-refractivity contribution in [2.75, 3.05) is 13.7 Å². The van der Waals surface area contributed by atoms with E-state index in [1.54, 1.807) is 25.3 Å². The van der Waals surface area contributed by atoms with Crippen molar-refractivity contribution in [3.8, 4) is 11.5 Å². The maximum atomic E-state index is 11.7. The second kappa shape index (κ2) is 8.25. The molecule has 0 atom stereocenters. The van der Waals surface area contributed by atoms with Gasteiger partial charge in [0.15, 0.2) is 11.5 Å². The zero-order valence-corrected chi connectivity index (χ0v) is 15.4. The van der Waals surface area contributed by atoms with Crippen LogP contribution in [0.1, 0.15) is 40.2 Å². The lowest BCUT2D eigenvalue weighted by molar-refractivity contribution is -0.148. The number of esters is 1. The van der Waals surface area contributed by atoms with E-state index in [0.717, 1.165) is 5.56 Å². The molecule has 5 heteroatoms. The summed E-state index contributed by atoms with van der Waals surface area (Å²) in [5.74, 6) is 1.01. The fourth-order valence-corrected chi connectivity index (χ4v) is 2.00. The summed E-state index contributed by atoms with van der Waals surface area (Å²) in [5, 5.41) is 0.439. The van der Waals surface area contributed by atoms with Gasteiger partial charge < -0.3 is 14.2 Å².